The maximum atomic E-state index is 11.1. The monoisotopic (exact) mass is 471 g/mol. The van der Waals surface area contributed by atoms with E-state index >= 15 is 0 Å². The molecule has 8 atom stereocenters. The molecule has 0 aromatic rings. The van der Waals surface area contributed by atoms with E-state index in [0.29, 0.717) is 30.1 Å². The van der Waals surface area contributed by atoms with Gasteiger partial charge in [0.1, 0.15) is 0 Å². The van der Waals surface area contributed by atoms with Crippen molar-refractivity contribution in [3.8, 4) is 0 Å². The Kier molecular flexibility index (Phi) is 8.22. The van der Waals surface area contributed by atoms with Gasteiger partial charge in [-0.2, -0.15) is 0 Å². The zero-order chi connectivity index (χ0) is 24.5. The van der Waals surface area contributed by atoms with Gasteiger partial charge in [-0.05, 0) is 97.7 Å². The molecule has 0 radical (unpaired) electrons. The lowest BCUT2D eigenvalue weighted by Crippen LogP contribution is -2.51. The first-order valence-corrected chi connectivity index (χ1v) is 14.7. The molecule has 3 heteroatoms. The summed E-state index contributed by atoms with van der Waals surface area (Å²) in [5.74, 6) is 5.42. The number of fused-ring (bicyclic) bond motifs is 5. The maximum Gasteiger partial charge on any atom is 0.216 e. The van der Waals surface area contributed by atoms with Crippen LogP contribution in [0.5, 0.6) is 0 Å². The molecule has 194 valence electrons. The van der Waals surface area contributed by atoms with Crippen LogP contribution in [0, 0.1) is 46.3 Å². The molecule has 0 saturated heterocycles. The van der Waals surface area contributed by atoms with Crippen molar-refractivity contribution in [3.63, 3.8) is 0 Å². The van der Waals surface area contributed by atoms with Crippen molar-refractivity contribution in [2.24, 2.45) is 46.3 Å². The van der Waals surface area contributed by atoms with E-state index in [2.05, 4.69) is 46.0 Å². The van der Waals surface area contributed by atoms with Gasteiger partial charge in [0.15, 0.2) is 0 Å². The quantitative estimate of drug-likeness (QED) is 0.278. The third kappa shape index (κ3) is 5.16. The van der Waals surface area contributed by atoms with Gasteiger partial charge in [-0.15, -0.1) is 0 Å². The van der Waals surface area contributed by atoms with E-state index in [9.17, 15) is 4.79 Å². The molecule has 0 aromatic heterocycles. The second-order valence-electron chi connectivity index (χ2n) is 13.5. The van der Waals surface area contributed by atoms with Crippen molar-refractivity contribution >= 4 is 5.91 Å². The third-order valence-electron chi connectivity index (χ3n) is 11.1. The molecule has 1 N–H and O–H groups in total. The molecule has 0 spiro atoms. The van der Waals surface area contributed by atoms with Crippen molar-refractivity contribution in [1.82, 2.24) is 5.32 Å². The van der Waals surface area contributed by atoms with Gasteiger partial charge in [0.25, 0.3) is 0 Å². The SMILES string of the molecule is CC(=O)NCCOC1CCC2(C)C(=CCC3C2CCC2(C)C(C(C)CCCC(C)C)CCC32)C1. The van der Waals surface area contributed by atoms with Gasteiger partial charge in [-0.25, -0.2) is 0 Å². The zero-order valence-electron chi connectivity index (χ0n) is 23.1. The Balaban J connectivity index is 1.38. The largest absolute Gasteiger partial charge is 0.376 e. The number of allylic oxidation sites excluding steroid dienone is 1. The second kappa shape index (κ2) is 10.7. The Labute approximate surface area is 210 Å². The van der Waals surface area contributed by atoms with E-state index < -0.39 is 0 Å². The summed E-state index contributed by atoms with van der Waals surface area (Å²) < 4.78 is 6.18. The van der Waals surface area contributed by atoms with Crippen molar-refractivity contribution in [1.29, 1.82) is 0 Å². The molecule has 34 heavy (non-hydrogen) atoms. The summed E-state index contributed by atoms with van der Waals surface area (Å²) in [5, 5.41) is 2.86. The van der Waals surface area contributed by atoms with E-state index in [4.69, 9.17) is 4.74 Å². The fraction of sp³-hybridized carbons (Fsp3) is 0.903. The van der Waals surface area contributed by atoms with Gasteiger partial charge in [0.05, 0.1) is 12.7 Å². The normalized spacial score (nSPS) is 40.2. The van der Waals surface area contributed by atoms with Crippen molar-refractivity contribution in [2.75, 3.05) is 13.2 Å². The highest BCUT2D eigenvalue weighted by atomic mass is 16.5. The van der Waals surface area contributed by atoms with E-state index in [0.717, 1.165) is 41.9 Å². The van der Waals surface area contributed by atoms with Crippen LogP contribution < -0.4 is 5.32 Å². The fourth-order valence-electron chi connectivity index (χ4n) is 9.25. The Morgan fingerprint density at radius 1 is 1.09 bits per heavy atom. The number of amides is 1. The molecule has 3 fully saturated rings. The lowest BCUT2D eigenvalue weighted by atomic mass is 9.47. The van der Waals surface area contributed by atoms with Crippen LogP contribution in [0.3, 0.4) is 0 Å². The Hall–Kier alpha value is -0.830. The first kappa shape index (κ1) is 26.2. The molecular formula is C31H53NO2. The average molecular weight is 472 g/mol. The van der Waals surface area contributed by atoms with Crippen LogP contribution in [0.4, 0.5) is 0 Å². The predicted molar refractivity (Wildman–Crippen MR) is 141 cm³/mol. The summed E-state index contributed by atoms with van der Waals surface area (Å²) in [6.07, 6.45) is 18.0. The Morgan fingerprint density at radius 2 is 1.88 bits per heavy atom. The summed E-state index contributed by atoms with van der Waals surface area (Å²) in [5.41, 5.74) is 2.66. The number of ether oxygens (including phenoxy) is 1. The van der Waals surface area contributed by atoms with E-state index in [1.54, 1.807) is 12.5 Å². The molecule has 0 bridgehead atoms. The minimum absolute atomic E-state index is 0.0317. The molecule has 4 rings (SSSR count). The lowest BCUT2D eigenvalue weighted by Gasteiger charge is -2.58. The molecule has 4 aliphatic carbocycles. The summed E-state index contributed by atoms with van der Waals surface area (Å²) in [7, 11) is 0. The van der Waals surface area contributed by atoms with Crippen LogP contribution in [-0.2, 0) is 9.53 Å². The molecular weight excluding hydrogens is 418 g/mol. The van der Waals surface area contributed by atoms with Crippen molar-refractivity contribution in [3.05, 3.63) is 11.6 Å². The van der Waals surface area contributed by atoms with Crippen LogP contribution >= 0.6 is 0 Å². The number of hydrogen-bond donors (Lipinski definition) is 1. The standard InChI is InChI=1S/C31H53NO2/c1-21(2)8-7-9-22(3)27-12-13-28-26-11-10-24-20-25(34-19-18-32-23(4)33)14-16-30(24,5)29(26)15-17-31(27,28)6/h10,21-22,25-29H,7-9,11-20H2,1-6H3,(H,32,33). The Bertz CT molecular complexity index is 744. The fourth-order valence-corrected chi connectivity index (χ4v) is 9.25. The topological polar surface area (TPSA) is 38.3 Å². The van der Waals surface area contributed by atoms with Crippen LogP contribution in [0.15, 0.2) is 11.6 Å². The number of hydrogen-bond acceptors (Lipinski definition) is 2. The molecule has 1 amide bonds. The number of carbonyl (C=O) groups is 1. The van der Waals surface area contributed by atoms with Gasteiger partial charge < -0.3 is 10.1 Å². The average Bonchev–Trinajstić information content (AvgIpc) is 3.13. The van der Waals surface area contributed by atoms with Gasteiger partial charge >= 0.3 is 0 Å². The first-order valence-electron chi connectivity index (χ1n) is 14.7. The van der Waals surface area contributed by atoms with Gasteiger partial charge in [0.2, 0.25) is 5.91 Å². The van der Waals surface area contributed by atoms with Crippen LogP contribution in [-0.4, -0.2) is 25.2 Å². The molecule has 3 nitrogen and oxygen atoms in total. The minimum atomic E-state index is 0.0317. The van der Waals surface area contributed by atoms with Crippen LogP contribution in [0.1, 0.15) is 112 Å². The van der Waals surface area contributed by atoms with Crippen molar-refractivity contribution < 1.29 is 9.53 Å². The smallest absolute Gasteiger partial charge is 0.216 e. The molecule has 0 heterocycles. The first-order chi connectivity index (χ1) is 16.1. The molecule has 4 aliphatic rings. The molecule has 3 saturated carbocycles. The number of rotatable bonds is 9. The van der Waals surface area contributed by atoms with Crippen LogP contribution in [0.2, 0.25) is 0 Å². The van der Waals surface area contributed by atoms with Crippen LogP contribution in [0.25, 0.3) is 0 Å². The predicted octanol–water partition coefficient (Wildman–Crippen LogP) is 7.55. The summed E-state index contributed by atoms with van der Waals surface area (Å²) in [4.78, 5) is 11.1. The van der Waals surface area contributed by atoms with E-state index in [1.807, 2.05) is 0 Å². The summed E-state index contributed by atoms with van der Waals surface area (Å²) >= 11 is 0. The lowest BCUT2D eigenvalue weighted by molar-refractivity contribution is -0.119. The second-order valence-corrected chi connectivity index (χ2v) is 13.5. The highest BCUT2D eigenvalue weighted by molar-refractivity contribution is 5.72. The highest BCUT2D eigenvalue weighted by Crippen LogP contribution is 2.67. The number of nitrogens with one attached hydrogen (secondary N) is 1. The molecule has 0 aliphatic heterocycles. The maximum absolute atomic E-state index is 11.1. The molecule has 0 aromatic carbocycles. The van der Waals surface area contributed by atoms with Gasteiger partial charge in [-0.3, -0.25) is 4.79 Å². The third-order valence-corrected chi connectivity index (χ3v) is 11.1. The number of carbonyl (C=O) groups excluding carboxylic acids is 1. The zero-order valence-corrected chi connectivity index (χ0v) is 23.1. The minimum Gasteiger partial charge on any atom is -0.376 e. The molecule has 8 unspecified atom stereocenters. The highest BCUT2D eigenvalue weighted by Gasteiger charge is 2.59. The Morgan fingerprint density at radius 3 is 2.62 bits per heavy atom. The van der Waals surface area contributed by atoms with Crippen molar-refractivity contribution in [2.45, 2.75) is 118 Å². The summed E-state index contributed by atoms with van der Waals surface area (Å²) in [6.45, 7) is 15.5. The summed E-state index contributed by atoms with van der Waals surface area (Å²) in [6, 6.07) is 0. The van der Waals surface area contributed by atoms with Gasteiger partial charge in [-0.1, -0.05) is 65.5 Å². The van der Waals surface area contributed by atoms with E-state index in [-0.39, 0.29) is 5.91 Å². The van der Waals surface area contributed by atoms with Gasteiger partial charge in [0, 0.05) is 13.5 Å². The van der Waals surface area contributed by atoms with E-state index in [1.165, 1.54) is 64.2 Å².